The Morgan fingerprint density at radius 3 is 0.500 bits per heavy atom. The minimum Gasteiger partial charge on any atom is -0.512 e. The first-order valence-electron chi connectivity index (χ1n) is 0.894. The van der Waals surface area contributed by atoms with Crippen LogP contribution in [-0.2, 0) is 34.1 Å². The van der Waals surface area contributed by atoms with Gasteiger partial charge in [0.15, 0.2) is 0 Å². The Bertz CT molecular complexity index is 60.2. The van der Waals surface area contributed by atoms with Gasteiger partial charge < -0.3 is 47.3 Å². The summed E-state index contributed by atoms with van der Waals surface area (Å²) >= 11 is 0. The van der Waals surface area contributed by atoms with Gasteiger partial charge in [-0.2, -0.15) is 0 Å². The molecule has 0 fully saturated rings. The average molecular weight is 215 g/mol. The van der Waals surface area contributed by atoms with E-state index in [2.05, 4.69) is 0 Å². The van der Waals surface area contributed by atoms with Gasteiger partial charge in [0.2, 0.25) is 0 Å². The van der Waals surface area contributed by atoms with E-state index >= 15 is 0 Å². The van der Waals surface area contributed by atoms with Crippen LogP contribution < -0.4 is 0 Å². The first-order chi connectivity index (χ1) is 4.00. The van der Waals surface area contributed by atoms with E-state index in [9.17, 15) is 0 Å². The van der Waals surface area contributed by atoms with Crippen molar-refractivity contribution in [1.29, 1.82) is 21.0 Å². The molecule has 6 heteroatoms. The fourth-order valence-electron chi connectivity index (χ4n) is 0. The van der Waals surface area contributed by atoms with Gasteiger partial charge in [0, 0.05) is 0 Å². The fourth-order valence-corrected chi connectivity index (χ4v) is 0. The molecule has 0 aromatic rings. The summed E-state index contributed by atoms with van der Waals surface area (Å²) in [4.78, 5) is 0. The predicted octanol–water partition coefficient (Wildman–Crippen LogP) is 0.380. The largest absolute Gasteiger partial charge is 2.00 e. The van der Waals surface area contributed by atoms with Crippen LogP contribution >= 0.6 is 0 Å². The number of nitrogens with zero attached hydrogens (tertiary/aromatic N) is 4. The molecule has 0 unspecified atom stereocenters. The maximum atomic E-state index is 6.25. The summed E-state index contributed by atoms with van der Waals surface area (Å²) in [7, 11) is 0. The van der Waals surface area contributed by atoms with Gasteiger partial charge in [-0.25, -0.2) is 0 Å². The molecule has 0 rings (SSSR count). The van der Waals surface area contributed by atoms with Crippen LogP contribution in [0.5, 0.6) is 0 Å². The molecule has 0 saturated heterocycles. The fraction of sp³-hybridized carbons (Fsp3) is 0. The normalized spacial score (nSPS) is 0.800. The SMILES string of the molecule is [C-]#N.[C-]#N.[C-]#N.[C-]#N.[Fe+2].[Mn+2]. The molecular weight excluding hydrogens is 215 g/mol. The Kier molecular flexibility index (Phi) is 2500. The zero-order valence-electron chi connectivity index (χ0n) is 4.52. The van der Waals surface area contributed by atoms with Gasteiger partial charge in [0.25, 0.3) is 0 Å². The molecule has 4 nitrogen and oxygen atoms in total. The van der Waals surface area contributed by atoms with Crippen LogP contribution in [-0.4, -0.2) is 0 Å². The van der Waals surface area contributed by atoms with Gasteiger partial charge in [-0.05, 0) is 0 Å². The van der Waals surface area contributed by atoms with Gasteiger partial charge in [-0.1, -0.05) is 0 Å². The van der Waals surface area contributed by atoms with E-state index < -0.39 is 0 Å². The number of rotatable bonds is 0. The van der Waals surface area contributed by atoms with Crippen molar-refractivity contribution in [2.24, 2.45) is 0 Å². The molecule has 0 aromatic carbocycles. The van der Waals surface area contributed by atoms with Gasteiger partial charge in [-0.3, -0.25) is 0 Å². The van der Waals surface area contributed by atoms with E-state index in [0.29, 0.717) is 0 Å². The molecule has 1 radical (unpaired) electrons. The predicted molar refractivity (Wildman–Crippen MR) is 19.9 cm³/mol. The monoisotopic (exact) mass is 215 g/mol. The molecule has 0 aromatic heterocycles. The minimum atomic E-state index is 0. The second kappa shape index (κ2) is 391. The van der Waals surface area contributed by atoms with Crippen molar-refractivity contribution in [3.05, 3.63) is 26.3 Å². The Balaban J connectivity index is -0.00000000500. The van der Waals surface area contributed by atoms with E-state index in [-0.39, 0.29) is 34.1 Å². The Hall–Kier alpha value is -1.00. The van der Waals surface area contributed by atoms with Crippen molar-refractivity contribution in [2.75, 3.05) is 0 Å². The summed E-state index contributed by atoms with van der Waals surface area (Å²) in [6, 6.07) is 0. The van der Waals surface area contributed by atoms with E-state index in [1.807, 2.05) is 0 Å². The summed E-state index contributed by atoms with van der Waals surface area (Å²) in [5.41, 5.74) is 0. The first-order valence-corrected chi connectivity index (χ1v) is 0.894. The van der Waals surface area contributed by atoms with Crippen LogP contribution in [0.15, 0.2) is 0 Å². The Morgan fingerprint density at radius 2 is 0.500 bits per heavy atom. The van der Waals surface area contributed by atoms with Crippen molar-refractivity contribution in [3.63, 3.8) is 0 Å². The molecule has 0 saturated carbocycles. The molecule has 0 N–H and O–H groups in total. The van der Waals surface area contributed by atoms with Crippen LogP contribution in [0.25, 0.3) is 0 Å². The van der Waals surface area contributed by atoms with Crippen molar-refractivity contribution in [2.45, 2.75) is 0 Å². The molecule has 0 amide bonds. The molecule has 10 heavy (non-hydrogen) atoms. The summed E-state index contributed by atoms with van der Waals surface area (Å²) in [6.07, 6.45) is 0. The topological polar surface area (TPSA) is 95.2 Å². The minimum absolute atomic E-state index is 0. The average Bonchev–Trinajstić information content (AvgIpc) is 2.03. The zero-order valence-corrected chi connectivity index (χ0v) is 6.80. The molecule has 51 valence electrons. The van der Waals surface area contributed by atoms with Crippen molar-refractivity contribution in [1.82, 2.24) is 0 Å². The van der Waals surface area contributed by atoms with Crippen LogP contribution in [0.4, 0.5) is 0 Å². The van der Waals surface area contributed by atoms with Crippen LogP contribution in [0, 0.1) is 47.3 Å². The quantitative estimate of drug-likeness (QED) is 0.430. The maximum Gasteiger partial charge on any atom is 2.00 e. The summed E-state index contributed by atoms with van der Waals surface area (Å²) < 4.78 is 0. The molecule has 0 atom stereocenters. The van der Waals surface area contributed by atoms with Crippen LogP contribution in [0.2, 0.25) is 0 Å². The van der Waals surface area contributed by atoms with Gasteiger partial charge >= 0.3 is 34.1 Å². The van der Waals surface area contributed by atoms with Crippen LogP contribution in [0.3, 0.4) is 0 Å². The second-order valence-corrected chi connectivity index (χ2v) is 0. The molecule has 0 aliphatic heterocycles. The standard InChI is InChI=1S/4CN.Fe.Mn/c4*1-2;;/q4*-1;2*+2. The summed E-state index contributed by atoms with van der Waals surface area (Å²) in [5.74, 6) is 0. The van der Waals surface area contributed by atoms with Gasteiger partial charge in [0.1, 0.15) is 0 Å². The van der Waals surface area contributed by atoms with E-state index in [1.165, 1.54) is 0 Å². The molecular formula is C4FeMnN4. The van der Waals surface area contributed by atoms with Gasteiger partial charge in [0.05, 0.1) is 0 Å². The second-order valence-electron chi connectivity index (χ2n) is 0. The Labute approximate surface area is 81.6 Å². The third-order valence-corrected chi connectivity index (χ3v) is 0. The first kappa shape index (κ1) is 64.0. The van der Waals surface area contributed by atoms with Gasteiger partial charge in [-0.15, -0.1) is 0 Å². The third kappa shape index (κ3) is 251. The van der Waals surface area contributed by atoms with E-state index in [1.54, 1.807) is 0 Å². The van der Waals surface area contributed by atoms with Crippen molar-refractivity contribution in [3.8, 4) is 0 Å². The summed E-state index contributed by atoms with van der Waals surface area (Å²) in [6.45, 7) is 19.0. The van der Waals surface area contributed by atoms with Crippen LogP contribution in [0.1, 0.15) is 0 Å². The summed E-state index contributed by atoms with van der Waals surface area (Å²) in [5, 5.41) is 25.0. The van der Waals surface area contributed by atoms with Crippen molar-refractivity contribution < 1.29 is 34.1 Å². The molecule has 0 spiro atoms. The molecule has 0 heterocycles. The molecule has 0 aliphatic carbocycles. The maximum absolute atomic E-state index is 6.25. The molecule has 0 bridgehead atoms. The number of hydrogen-bond acceptors (Lipinski definition) is 4. The number of hydrogen-bond donors (Lipinski definition) is 0. The van der Waals surface area contributed by atoms with Crippen molar-refractivity contribution >= 4 is 0 Å². The Morgan fingerprint density at radius 1 is 0.500 bits per heavy atom. The molecule has 0 aliphatic rings. The third-order valence-electron chi connectivity index (χ3n) is 0. The zero-order chi connectivity index (χ0) is 8.00. The van der Waals surface area contributed by atoms with E-state index in [0.717, 1.165) is 0 Å². The smallest absolute Gasteiger partial charge is 0.512 e. The van der Waals surface area contributed by atoms with E-state index in [4.69, 9.17) is 47.3 Å².